The highest BCUT2D eigenvalue weighted by molar-refractivity contribution is 7.13. The number of allylic oxidation sites excluding steroid dienone is 1. The Hall–Kier alpha value is -2.03. The van der Waals surface area contributed by atoms with Crippen LogP contribution in [0.3, 0.4) is 0 Å². The van der Waals surface area contributed by atoms with Crippen molar-refractivity contribution in [2.45, 2.75) is 13.3 Å². The van der Waals surface area contributed by atoms with E-state index in [0.717, 1.165) is 0 Å². The molecule has 2 aromatic heterocycles. The van der Waals surface area contributed by atoms with E-state index in [2.05, 4.69) is 20.3 Å². The van der Waals surface area contributed by atoms with E-state index in [4.69, 9.17) is 27.9 Å². The molecule has 0 fully saturated rings. The van der Waals surface area contributed by atoms with Crippen LogP contribution in [0, 0.1) is 0 Å². The lowest BCUT2D eigenvalue weighted by atomic mass is 10.2. The number of carbonyl (C=O) groups excluding carboxylic acids is 2. The van der Waals surface area contributed by atoms with Crippen molar-refractivity contribution in [3.63, 3.8) is 0 Å². The van der Waals surface area contributed by atoms with Gasteiger partial charge in [0, 0.05) is 18.0 Å². The monoisotopic (exact) mass is 372 g/mol. The van der Waals surface area contributed by atoms with Crippen molar-refractivity contribution < 1.29 is 14.3 Å². The summed E-state index contributed by atoms with van der Waals surface area (Å²) in [6.07, 6.45) is 4.08. The van der Waals surface area contributed by atoms with Crippen molar-refractivity contribution in [2.75, 3.05) is 5.32 Å². The Morgan fingerprint density at radius 2 is 2.17 bits per heavy atom. The second-order valence-electron chi connectivity index (χ2n) is 3.98. The van der Waals surface area contributed by atoms with E-state index < -0.39 is 11.8 Å². The van der Waals surface area contributed by atoms with Crippen molar-refractivity contribution in [3.05, 3.63) is 45.7 Å². The lowest BCUT2D eigenvalue weighted by Crippen LogP contribution is -2.15. The van der Waals surface area contributed by atoms with Gasteiger partial charge in [-0.25, -0.2) is 15.0 Å². The number of hydrogen-bond donors (Lipinski definition) is 1. The molecule has 1 N–H and O–H groups in total. The van der Waals surface area contributed by atoms with Gasteiger partial charge in [-0.05, 0) is 0 Å². The minimum Gasteiger partial charge on any atom is -0.421 e. The summed E-state index contributed by atoms with van der Waals surface area (Å²) in [5.74, 6) is -1.56. The molecule has 0 aliphatic heterocycles. The van der Waals surface area contributed by atoms with Gasteiger partial charge < -0.3 is 10.1 Å². The lowest BCUT2D eigenvalue weighted by Gasteiger charge is -2.08. The number of nitrogens with one attached hydrogen (secondary N) is 1. The number of rotatable bonds is 6. The van der Waals surface area contributed by atoms with Crippen LogP contribution >= 0.6 is 34.5 Å². The second-order valence-corrected chi connectivity index (χ2v) is 5.62. The van der Waals surface area contributed by atoms with Gasteiger partial charge in [-0.2, -0.15) is 0 Å². The number of hydrogen-bond acceptors (Lipinski definition) is 8. The molecule has 2 heterocycles. The predicted octanol–water partition coefficient (Wildman–Crippen LogP) is 3.33. The summed E-state index contributed by atoms with van der Waals surface area (Å²) < 4.78 is 5.03. The van der Waals surface area contributed by atoms with Crippen LogP contribution in [0.5, 0.6) is 0 Å². The van der Waals surface area contributed by atoms with E-state index in [-0.39, 0.29) is 28.2 Å². The van der Waals surface area contributed by atoms with Crippen LogP contribution in [0.4, 0.5) is 5.13 Å². The smallest absolute Gasteiger partial charge is 0.311 e. The van der Waals surface area contributed by atoms with Crippen LogP contribution in [0.25, 0.3) is 0 Å². The van der Waals surface area contributed by atoms with Gasteiger partial charge in [-0.3, -0.25) is 9.59 Å². The summed E-state index contributed by atoms with van der Waals surface area (Å²) in [5.41, 5.74) is -0.174. The number of halogens is 2. The average Bonchev–Trinajstić information content (AvgIpc) is 3.04. The summed E-state index contributed by atoms with van der Waals surface area (Å²) in [5, 5.41) is 4.90. The van der Waals surface area contributed by atoms with Gasteiger partial charge >= 0.3 is 5.97 Å². The van der Waals surface area contributed by atoms with Crippen molar-refractivity contribution in [2.24, 2.45) is 0 Å². The molecule has 120 valence electrons. The first-order valence-corrected chi connectivity index (χ1v) is 7.94. The van der Waals surface area contributed by atoms with Gasteiger partial charge in [-0.1, -0.05) is 30.1 Å². The molecular weight excluding hydrogens is 363 g/mol. The van der Waals surface area contributed by atoms with Crippen LogP contribution in [0.15, 0.2) is 29.7 Å². The molecular formula is C13H10Cl2N4O3S. The molecule has 2 aromatic rings. The summed E-state index contributed by atoms with van der Waals surface area (Å²) in [6, 6.07) is 0. The average molecular weight is 373 g/mol. The van der Waals surface area contributed by atoms with E-state index in [1.807, 2.05) is 0 Å². The zero-order valence-corrected chi connectivity index (χ0v) is 14.1. The molecule has 0 amide bonds. The molecule has 10 heteroatoms. The normalized spacial score (nSPS) is 11.2. The van der Waals surface area contributed by atoms with E-state index in [1.165, 1.54) is 23.7 Å². The number of nitrogens with zero attached hydrogens (tertiary/aromatic N) is 3. The molecule has 0 atom stereocenters. The van der Waals surface area contributed by atoms with Gasteiger partial charge in [0.15, 0.2) is 21.7 Å². The number of thiazole rings is 1. The molecule has 0 spiro atoms. The highest BCUT2D eigenvalue weighted by Gasteiger charge is 2.22. The second kappa shape index (κ2) is 8.00. The fraction of sp³-hybridized carbons (Fsp3) is 0.154. The third kappa shape index (κ3) is 4.72. The van der Waals surface area contributed by atoms with Gasteiger partial charge in [0.05, 0.1) is 12.4 Å². The fourth-order valence-corrected chi connectivity index (χ4v) is 2.28. The molecule has 0 saturated carbocycles. The summed E-state index contributed by atoms with van der Waals surface area (Å²) in [6.45, 7) is 1.60. The largest absolute Gasteiger partial charge is 0.421 e. The van der Waals surface area contributed by atoms with E-state index in [1.54, 1.807) is 18.5 Å². The summed E-state index contributed by atoms with van der Waals surface area (Å²) >= 11 is 12.8. The van der Waals surface area contributed by atoms with Gasteiger partial charge in [0.1, 0.15) is 5.15 Å². The Bertz CT molecular complexity index is 750. The zero-order valence-electron chi connectivity index (χ0n) is 11.7. The molecule has 0 saturated heterocycles. The van der Waals surface area contributed by atoms with Crippen molar-refractivity contribution in [3.8, 4) is 0 Å². The summed E-state index contributed by atoms with van der Waals surface area (Å²) in [7, 11) is 0. The van der Waals surface area contributed by atoms with E-state index in [0.29, 0.717) is 5.13 Å². The lowest BCUT2D eigenvalue weighted by molar-refractivity contribution is -0.138. The number of aromatic nitrogens is 3. The highest BCUT2D eigenvalue weighted by atomic mass is 35.5. The van der Waals surface area contributed by atoms with Crippen molar-refractivity contribution >= 4 is 51.4 Å². The number of ether oxygens (including phenoxy) is 1. The van der Waals surface area contributed by atoms with E-state index in [9.17, 15) is 9.59 Å². The number of esters is 1. The molecule has 23 heavy (non-hydrogen) atoms. The van der Waals surface area contributed by atoms with Gasteiger partial charge in [0.25, 0.3) is 5.78 Å². The Kier molecular flexibility index (Phi) is 6.03. The van der Waals surface area contributed by atoms with E-state index >= 15 is 0 Å². The maximum atomic E-state index is 12.5. The number of Topliss-reactive ketones (excluding diaryl/α,β-unsaturated/α-hetero) is 1. The fourth-order valence-electron chi connectivity index (χ4n) is 1.37. The Morgan fingerprint density at radius 1 is 1.39 bits per heavy atom. The number of carbonyl (C=O) groups is 2. The summed E-state index contributed by atoms with van der Waals surface area (Å²) in [4.78, 5) is 35.5. The SMILES string of the molecule is CCC(=O)O/C(=C\Nc1nccs1)C(=O)c1ncc(Cl)nc1Cl. The van der Waals surface area contributed by atoms with Gasteiger partial charge in [0.2, 0.25) is 0 Å². The van der Waals surface area contributed by atoms with Crippen LogP contribution < -0.4 is 5.32 Å². The highest BCUT2D eigenvalue weighted by Crippen LogP contribution is 2.19. The Morgan fingerprint density at radius 3 is 2.78 bits per heavy atom. The first-order valence-electron chi connectivity index (χ1n) is 6.31. The third-order valence-corrected chi connectivity index (χ3v) is 3.56. The molecule has 0 aromatic carbocycles. The van der Waals surface area contributed by atoms with Crippen LogP contribution in [0.2, 0.25) is 10.3 Å². The number of anilines is 1. The first-order chi connectivity index (χ1) is 11.0. The van der Waals surface area contributed by atoms with Crippen LogP contribution in [0.1, 0.15) is 23.8 Å². The molecule has 0 aliphatic rings. The molecule has 0 bridgehead atoms. The van der Waals surface area contributed by atoms with Gasteiger partial charge in [-0.15, -0.1) is 11.3 Å². The minimum absolute atomic E-state index is 0.0449. The molecule has 0 aliphatic carbocycles. The molecule has 7 nitrogen and oxygen atoms in total. The standard InChI is InChI=1S/C13H10Cl2N4O3S/c1-2-9(20)22-7(5-18-13-16-3-4-23-13)11(21)10-12(15)19-8(14)6-17-10/h3-6H,2H2,1H3,(H,16,18)/b7-5-. The Balaban J connectivity index is 2.29. The van der Waals surface area contributed by atoms with Crippen molar-refractivity contribution in [1.82, 2.24) is 15.0 Å². The third-order valence-electron chi connectivity index (χ3n) is 2.41. The maximum absolute atomic E-state index is 12.5. The Labute approximate surface area is 145 Å². The first kappa shape index (κ1) is 17.3. The van der Waals surface area contributed by atoms with Crippen LogP contribution in [-0.4, -0.2) is 26.7 Å². The predicted molar refractivity (Wildman–Crippen MR) is 86.6 cm³/mol. The quantitative estimate of drug-likeness (QED) is 0.359. The van der Waals surface area contributed by atoms with Crippen molar-refractivity contribution in [1.29, 1.82) is 0 Å². The van der Waals surface area contributed by atoms with Crippen LogP contribution in [-0.2, 0) is 9.53 Å². The molecule has 0 unspecified atom stereocenters. The number of ketones is 1. The topological polar surface area (TPSA) is 94.1 Å². The molecule has 0 radical (unpaired) electrons. The maximum Gasteiger partial charge on any atom is 0.311 e. The zero-order chi connectivity index (χ0) is 16.8. The minimum atomic E-state index is -0.704. The molecule has 2 rings (SSSR count).